The maximum atomic E-state index is 6.27. The molecule has 0 radical (unpaired) electrons. The third-order valence-electron chi connectivity index (χ3n) is 3.07. The van der Waals surface area contributed by atoms with Gasteiger partial charge in [0.25, 0.3) is 0 Å². The molecule has 0 aliphatic carbocycles. The van der Waals surface area contributed by atoms with Crippen molar-refractivity contribution < 1.29 is 0 Å². The summed E-state index contributed by atoms with van der Waals surface area (Å²) in [6.45, 7) is 7.42. The summed E-state index contributed by atoms with van der Waals surface area (Å²) in [6, 6.07) is 9.74. The summed E-state index contributed by atoms with van der Waals surface area (Å²) in [5, 5.41) is 4.02. The molecule has 4 heteroatoms. The van der Waals surface area contributed by atoms with E-state index in [9.17, 15) is 0 Å². The molecular formula is C17H22ClN3. The molecule has 1 heterocycles. The fourth-order valence-corrected chi connectivity index (χ4v) is 2.35. The summed E-state index contributed by atoms with van der Waals surface area (Å²) in [5.41, 5.74) is 1.93. The number of nitrogens with zero attached hydrogens (tertiary/aromatic N) is 2. The van der Waals surface area contributed by atoms with Crippen LogP contribution in [0.15, 0.2) is 30.3 Å². The molecule has 0 saturated carbocycles. The molecule has 0 aliphatic heterocycles. The van der Waals surface area contributed by atoms with E-state index in [4.69, 9.17) is 11.6 Å². The fraction of sp³-hybridized carbons (Fsp3) is 0.412. The SMILES string of the molecule is CCCNc1cc(CC(C)C)nc(-c2ccccc2Cl)n1. The lowest BCUT2D eigenvalue weighted by Gasteiger charge is -2.11. The highest BCUT2D eigenvalue weighted by Crippen LogP contribution is 2.26. The van der Waals surface area contributed by atoms with Crippen LogP contribution in [0.4, 0.5) is 5.82 Å². The zero-order chi connectivity index (χ0) is 15.2. The second-order valence-electron chi connectivity index (χ2n) is 5.57. The summed E-state index contributed by atoms with van der Waals surface area (Å²) >= 11 is 6.27. The number of hydrogen-bond donors (Lipinski definition) is 1. The molecule has 1 aromatic carbocycles. The van der Waals surface area contributed by atoms with Crippen LogP contribution in [0.5, 0.6) is 0 Å². The average molecular weight is 304 g/mol. The predicted octanol–water partition coefficient (Wildman–Crippen LogP) is 4.82. The second-order valence-corrected chi connectivity index (χ2v) is 5.98. The molecule has 0 bridgehead atoms. The van der Waals surface area contributed by atoms with Gasteiger partial charge < -0.3 is 5.32 Å². The molecular weight excluding hydrogens is 282 g/mol. The first-order chi connectivity index (χ1) is 10.1. The van der Waals surface area contributed by atoms with Gasteiger partial charge in [-0.25, -0.2) is 9.97 Å². The molecule has 0 fully saturated rings. The van der Waals surface area contributed by atoms with Crippen LogP contribution in [0, 0.1) is 5.92 Å². The van der Waals surface area contributed by atoms with Gasteiger partial charge in [-0.05, 0) is 30.9 Å². The molecule has 3 nitrogen and oxygen atoms in total. The van der Waals surface area contributed by atoms with E-state index in [1.54, 1.807) is 0 Å². The molecule has 2 aromatic rings. The Morgan fingerprint density at radius 3 is 2.62 bits per heavy atom. The van der Waals surface area contributed by atoms with Gasteiger partial charge >= 0.3 is 0 Å². The zero-order valence-electron chi connectivity index (χ0n) is 12.9. The van der Waals surface area contributed by atoms with E-state index >= 15 is 0 Å². The second kappa shape index (κ2) is 7.41. The van der Waals surface area contributed by atoms with E-state index in [0.29, 0.717) is 16.8 Å². The third kappa shape index (κ3) is 4.43. The Hall–Kier alpha value is -1.61. The van der Waals surface area contributed by atoms with Crippen LogP contribution in [0.25, 0.3) is 11.4 Å². The number of anilines is 1. The van der Waals surface area contributed by atoms with Crippen molar-refractivity contribution in [3.8, 4) is 11.4 Å². The maximum Gasteiger partial charge on any atom is 0.163 e. The highest BCUT2D eigenvalue weighted by molar-refractivity contribution is 6.33. The number of nitrogens with one attached hydrogen (secondary N) is 1. The van der Waals surface area contributed by atoms with Crippen LogP contribution in [-0.4, -0.2) is 16.5 Å². The van der Waals surface area contributed by atoms with Crippen molar-refractivity contribution in [2.24, 2.45) is 5.92 Å². The first-order valence-electron chi connectivity index (χ1n) is 7.47. The Balaban J connectivity index is 2.41. The van der Waals surface area contributed by atoms with Crippen LogP contribution in [0.2, 0.25) is 5.02 Å². The smallest absolute Gasteiger partial charge is 0.163 e. The van der Waals surface area contributed by atoms with Gasteiger partial charge in [-0.2, -0.15) is 0 Å². The minimum atomic E-state index is 0.554. The Kier molecular flexibility index (Phi) is 5.57. The molecule has 0 amide bonds. The van der Waals surface area contributed by atoms with Gasteiger partial charge in [-0.3, -0.25) is 0 Å². The Morgan fingerprint density at radius 1 is 1.19 bits per heavy atom. The minimum absolute atomic E-state index is 0.554. The van der Waals surface area contributed by atoms with Crippen LogP contribution in [-0.2, 0) is 6.42 Å². The van der Waals surface area contributed by atoms with E-state index in [-0.39, 0.29) is 0 Å². The van der Waals surface area contributed by atoms with Crippen LogP contribution < -0.4 is 5.32 Å². The lowest BCUT2D eigenvalue weighted by atomic mass is 10.1. The molecule has 0 atom stereocenters. The summed E-state index contributed by atoms with van der Waals surface area (Å²) in [6.07, 6.45) is 1.99. The van der Waals surface area contributed by atoms with Gasteiger partial charge in [0, 0.05) is 23.9 Å². The highest BCUT2D eigenvalue weighted by Gasteiger charge is 2.10. The summed E-state index contributed by atoms with van der Waals surface area (Å²) in [4.78, 5) is 9.28. The molecule has 2 rings (SSSR count). The summed E-state index contributed by atoms with van der Waals surface area (Å²) in [7, 11) is 0. The van der Waals surface area contributed by atoms with E-state index in [0.717, 1.165) is 36.5 Å². The summed E-state index contributed by atoms with van der Waals surface area (Å²) in [5.74, 6) is 2.12. The van der Waals surface area contributed by atoms with Gasteiger partial charge in [0.15, 0.2) is 5.82 Å². The van der Waals surface area contributed by atoms with Crippen molar-refractivity contribution in [2.75, 3.05) is 11.9 Å². The lowest BCUT2D eigenvalue weighted by Crippen LogP contribution is -2.07. The van der Waals surface area contributed by atoms with E-state index < -0.39 is 0 Å². The highest BCUT2D eigenvalue weighted by atomic mass is 35.5. The molecule has 0 unspecified atom stereocenters. The largest absolute Gasteiger partial charge is 0.370 e. The molecule has 21 heavy (non-hydrogen) atoms. The lowest BCUT2D eigenvalue weighted by molar-refractivity contribution is 0.635. The van der Waals surface area contributed by atoms with Gasteiger partial charge in [-0.15, -0.1) is 0 Å². The molecule has 0 spiro atoms. The predicted molar refractivity (Wildman–Crippen MR) is 89.8 cm³/mol. The number of hydrogen-bond acceptors (Lipinski definition) is 3. The quantitative estimate of drug-likeness (QED) is 0.831. The Morgan fingerprint density at radius 2 is 1.95 bits per heavy atom. The van der Waals surface area contributed by atoms with Crippen molar-refractivity contribution in [3.05, 3.63) is 41.0 Å². The molecule has 1 N–H and O–H groups in total. The average Bonchev–Trinajstić information content (AvgIpc) is 2.44. The fourth-order valence-electron chi connectivity index (χ4n) is 2.13. The van der Waals surface area contributed by atoms with Gasteiger partial charge in [0.1, 0.15) is 5.82 Å². The molecule has 0 saturated heterocycles. The standard InChI is InChI=1S/C17H22ClN3/c1-4-9-19-16-11-13(10-12(2)3)20-17(21-16)14-7-5-6-8-15(14)18/h5-8,11-12H,4,9-10H2,1-3H3,(H,19,20,21). The minimum Gasteiger partial charge on any atom is -0.370 e. The monoisotopic (exact) mass is 303 g/mol. The van der Waals surface area contributed by atoms with Crippen molar-refractivity contribution >= 4 is 17.4 Å². The Labute approximate surface area is 131 Å². The van der Waals surface area contributed by atoms with E-state index in [2.05, 4.69) is 36.1 Å². The number of halogens is 1. The summed E-state index contributed by atoms with van der Waals surface area (Å²) < 4.78 is 0. The maximum absolute atomic E-state index is 6.27. The van der Waals surface area contributed by atoms with Crippen LogP contribution in [0.3, 0.4) is 0 Å². The number of aromatic nitrogens is 2. The number of benzene rings is 1. The van der Waals surface area contributed by atoms with Gasteiger partial charge in [0.2, 0.25) is 0 Å². The van der Waals surface area contributed by atoms with Crippen molar-refractivity contribution in [1.29, 1.82) is 0 Å². The van der Waals surface area contributed by atoms with E-state index in [1.807, 2.05) is 30.3 Å². The van der Waals surface area contributed by atoms with Crippen molar-refractivity contribution in [2.45, 2.75) is 33.6 Å². The van der Waals surface area contributed by atoms with Crippen LogP contribution >= 0.6 is 11.6 Å². The topological polar surface area (TPSA) is 37.8 Å². The molecule has 112 valence electrons. The normalized spacial score (nSPS) is 10.9. The molecule has 0 aliphatic rings. The van der Waals surface area contributed by atoms with E-state index in [1.165, 1.54) is 0 Å². The molecule has 1 aromatic heterocycles. The van der Waals surface area contributed by atoms with Crippen molar-refractivity contribution in [1.82, 2.24) is 9.97 Å². The number of rotatable bonds is 6. The first-order valence-corrected chi connectivity index (χ1v) is 7.84. The van der Waals surface area contributed by atoms with Gasteiger partial charge in [0.05, 0.1) is 5.02 Å². The van der Waals surface area contributed by atoms with Gasteiger partial charge in [-0.1, -0.05) is 44.5 Å². The Bertz CT molecular complexity index is 596. The first kappa shape index (κ1) is 15.8. The zero-order valence-corrected chi connectivity index (χ0v) is 13.6. The third-order valence-corrected chi connectivity index (χ3v) is 3.40. The van der Waals surface area contributed by atoms with Crippen molar-refractivity contribution in [3.63, 3.8) is 0 Å². The van der Waals surface area contributed by atoms with Crippen LogP contribution in [0.1, 0.15) is 32.9 Å².